The Morgan fingerprint density at radius 2 is 1.96 bits per heavy atom. The van der Waals surface area contributed by atoms with Crippen LogP contribution in [0.2, 0.25) is 0 Å². The van der Waals surface area contributed by atoms with Gasteiger partial charge in [0.1, 0.15) is 6.54 Å². The van der Waals surface area contributed by atoms with E-state index in [9.17, 15) is 9.59 Å². The highest BCUT2D eigenvalue weighted by Crippen LogP contribution is 2.27. The third kappa shape index (κ3) is 3.19. The summed E-state index contributed by atoms with van der Waals surface area (Å²) in [5.41, 5.74) is 8.04. The Balaban J connectivity index is 1.96. The number of aromatic nitrogens is 1. The zero-order valence-corrected chi connectivity index (χ0v) is 13.7. The van der Waals surface area contributed by atoms with Gasteiger partial charge in [0.25, 0.3) is 0 Å². The van der Waals surface area contributed by atoms with E-state index in [1.165, 1.54) is 6.08 Å². The fraction of sp³-hybridized carbons (Fsp3) is 0.333. The number of ether oxygens (including phenoxy) is 1. The second kappa shape index (κ2) is 6.88. The number of nitrogens with two attached hydrogens (primary N) is 1. The van der Waals surface area contributed by atoms with Crippen LogP contribution in [-0.2, 0) is 20.9 Å². The van der Waals surface area contributed by atoms with Gasteiger partial charge in [-0.1, -0.05) is 18.2 Å². The van der Waals surface area contributed by atoms with Crippen LogP contribution in [0.15, 0.2) is 30.3 Å². The third-order valence-electron chi connectivity index (χ3n) is 4.35. The maximum Gasteiger partial charge on any atom is 0.242 e. The van der Waals surface area contributed by atoms with Gasteiger partial charge in [0, 0.05) is 41.3 Å². The minimum atomic E-state index is -0.490. The molecule has 1 fully saturated rings. The quantitative estimate of drug-likeness (QED) is 0.860. The van der Waals surface area contributed by atoms with Crippen LogP contribution in [0.3, 0.4) is 0 Å². The van der Waals surface area contributed by atoms with Crippen molar-refractivity contribution in [1.29, 1.82) is 0 Å². The van der Waals surface area contributed by atoms with Crippen LogP contribution in [0.1, 0.15) is 11.3 Å². The fourth-order valence-electron chi connectivity index (χ4n) is 3.09. The number of amides is 2. The summed E-state index contributed by atoms with van der Waals surface area (Å²) in [7, 11) is 0. The molecule has 1 aromatic heterocycles. The topological polar surface area (TPSA) is 77.6 Å². The minimum absolute atomic E-state index is 0.0765. The largest absolute Gasteiger partial charge is 0.378 e. The predicted octanol–water partition coefficient (Wildman–Crippen LogP) is 1.31. The Morgan fingerprint density at radius 1 is 1.25 bits per heavy atom. The molecule has 0 atom stereocenters. The Labute approximate surface area is 140 Å². The summed E-state index contributed by atoms with van der Waals surface area (Å²) < 4.78 is 7.29. The first-order valence-electron chi connectivity index (χ1n) is 7.99. The number of nitrogens with zero attached hydrogens (tertiary/aromatic N) is 2. The van der Waals surface area contributed by atoms with Crippen molar-refractivity contribution in [3.8, 4) is 0 Å². The van der Waals surface area contributed by atoms with E-state index < -0.39 is 5.91 Å². The SMILES string of the molecule is Cc1c(/C=C/C(N)=O)c2ccccc2n1CC(=O)N1CCOCC1. The Bertz CT molecular complexity index is 801. The number of hydrogen-bond acceptors (Lipinski definition) is 3. The number of benzene rings is 1. The molecule has 2 heterocycles. The van der Waals surface area contributed by atoms with E-state index in [-0.39, 0.29) is 12.5 Å². The number of carbonyl (C=O) groups excluding carboxylic acids is 2. The summed E-state index contributed by atoms with van der Waals surface area (Å²) in [5.74, 6) is -0.414. The molecule has 6 heteroatoms. The number of primary amides is 1. The summed E-state index contributed by atoms with van der Waals surface area (Å²) in [4.78, 5) is 25.5. The highest BCUT2D eigenvalue weighted by molar-refractivity contribution is 5.97. The van der Waals surface area contributed by atoms with Crippen molar-refractivity contribution in [1.82, 2.24) is 9.47 Å². The summed E-state index contributed by atoms with van der Waals surface area (Å²) in [6.45, 7) is 4.66. The molecule has 3 rings (SSSR count). The van der Waals surface area contributed by atoms with Crippen molar-refractivity contribution in [3.63, 3.8) is 0 Å². The Morgan fingerprint density at radius 3 is 2.67 bits per heavy atom. The number of carbonyl (C=O) groups is 2. The lowest BCUT2D eigenvalue weighted by Gasteiger charge is -2.27. The van der Waals surface area contributed by atoms with Gasteiger partial charge in [0.15, 0.2) is 0 Å². The smallest absolute Gasteiger partial charge is 0.242 e. The standard InChI is InChI=1S/C18H21N3O3/c1-13-14(6-7-17(19)22)15-4-2-3-5-16(15)21(13)12-18(23)20-8-10-24-11-9-20/h2-7H,8-12H2,1H3,(H2,19,22)/b7-6+. The van der Waals surface area contributed by atoms with E-state index in [1.807, 2.05) is 40.7 Å². The van der Waals surface area contributed by atoms with Crippen molar-refractivity contribution < 1.29 is 14.3 Å². The van der Waals surface area contributed by atoms with E-state index in [0.29, 0.717) is 26.3 Å². The van der Waals surface area contributed by atoms with Gasteiger partial charge in [-0.15, -0.1) is 0 Å². The highest BCUT2D eigenvalue weighted by atomic mass is 16.5. The first-order chi connectivity index (χ1) is 11.6. The molecular weight excluding hydrogens is 306 g/mol. The second-order valence-corrected chi connectivity index (χ2v) is 5.83. The average molecular weight is 327 g/mol. The zero-order chi connectivity index (χ0) is 17.1. The Kier molecular flexibility index (Phi) is 4.66. The summed E-state index contributed by atoms with van der Waals surface area (Å²) in [6.07, 6.45) is 3.07. The first kappa shape index (κ1) is 16.3. The van der Waals surface area contributed by atoms with E-state index in [4.69, 9.17) is 10.5 Å². The van der Waals surface area contributed by atoms with E-state index >= 15 is 0 Å². The molecule has 0 spiro atoms. The first-order valence-corrected chi connectivity index (χ1v) is 7.99. The summed E-state index contributed by atoms with van der Waals surface area (Å²) >= 11 is 0. The van der Waals surface area contributed by atoms with Gasteiger partial charge in [0.2, 0.25) is 11.8 Å². The van der Waals surface area contributed by atoms with Crippen LogP contribution in [0.5, 0.6) is 0 Å². The van der Waals surface area contributed by atoms with Crippen LogP contribution in [0, 0.1) is 6.92 Å². The van der Waals surface area contributed by atoms with Crippen LogP contribution in [0.4, 0.5) is 0 Å². The summed E-state index contributed by atoms with van der Waals surface area (Å²) in [5, 5.41) is 1.00. The van der Waals surface area contributed by atoms with Crippen LogP contribution < -0.4 is 5.73 Å². The Hall–Kier alpha value is -2.60. The summed E-state index contributed by atoms with van der Waals surface area (Å²) in [6, 6.07) is 7.85. The van der Waals surface area contributed by atoms with Gasteiger partial charge in [-0.3, -0.25) is 9.59 Å². The van der Waals surface area contributed by atoms with E-state index in [2.05, 4.69) is 0 Å². The average Bonchev–Trinajstić information content (AvgIpc) is 2.86. The molecule has 0 radical (unpaired) electrons. The number of para-hydroxylation sites is 1. The van der Waals surface area contributed by atoms with E-state index in [0.717, 1.165) is 22.2 Å². The monoisotopic (exact) mass is 327 g/mol. The van der Waals surface area contributed by atoms with Crippen molar-refractivity contribution in [2.75, 3.05) is 26.3 Å². The fourth-order valence-corrected chi connectivity index (χ4v) is 3.09. The van der Waals surface area contributed by atoms with Gasteiger partial charge >= 0.3 is 0 Å². The molecule has 0 bridgehead atoms. The van der Waals surface area contributed by atoms with Gasteiger partial charge < -0.3 is 19.9 Å². The van der Waals surface area contributed by atoms with Crippen LogP contribution in [0.25, 0.3) is 17.0 Å². The van der Waals surface area contributed by atoms with Gasteiger partial charge in [-0.2, -0.15) is 0 Å². The van der Waals surface area contributed by atoms with Crippen LogP contribution in [-0.4, -0.2) is 47.6 Å². The molecule has 1 saturated heterocycles. The predicted molar refractivity (Wildman–Crippen MR) is 92.3 cm³/mol. The molecule has 1 aliphatic heterocycles. The lowest BCUT2D eigenvalue weighted by atomic mass is 10.1. The van der Waals surface area contributed by atoms with Crippen molar-refractivity contribution in [3.05, 3.63) is 41.6 Å². The molecule has 2 N–H and O–H groups in total. The molecule has 0 unspecified atom stereocenters. The molecule has 2 amide bonds. The van der Waals surface area contributed by atoms with Crippen LogP contribution >= 0.6 is 0 Å². The molecule has 6 nitrogen and oxygen atoms in total. The maximum atomic E-state index is 12.6. The maximum absolute atomic E-state index is 12.6. The van der Waals surface area contributed by atoms with Crippen molar-refractivity contribution >= 4 is 28.8 Å². The minimum Gasteiger partial charge on any atom is -0.378 e. The molecule has 0 aliphatic carbocycles. The zero-order valence-electron chi connectivity index (χ0n) is 13.7. The highest BCUT2D eigenvalue weighted by Gasteiger charge is 2.20. The van der Waals surface area contributed by atoms with Gasteiger partial charge in [-0.25, -0.2) is 0 Å². The molecule has 1 aliphatic rings. The normalized spacial score (nSPS) is 15.3. The van der Waals surface area contributed by atoms with Crippen molar-refractivity contribution in [2.45, 2.75) is 13.5 Å². The number of morpholine rings is 1. The van der Waals surface area contributed by atoms with Gasteiger partial charge in [-0.05, 0) is 19.1 Å². The molecule has 0 saturated carbocycles. The molecule has 1 aromatic carbocycles. The third-order valence-corrected chi connectivity index (χ3v) is 4.35. The number of fused-ring (bicyclic) bond motifs is 1. The molecule has 2 aromatic rings. The molecule has 24 heavy (non-hydrogen) atoms. The van der Waals surface area contributed by atoms with E-state index in [1.54, 1.807) is 6.08 Å². The lowest BCUT2D eigenvalue weighted by Crippen LogP contribution is -2.42. The number of rotatable bonds is 4. The van der Waals surface area contributed by atoms with Gasteiger partial charge in [0.05, 0.1) is 13.2 Å². The van der Waals surface area contributed by atoms with Crippen molar-refractivity contribution in [2.24, 2.45) is 5.73 Å². The number of hydrogen-bond donors (Lipinski definition) is 1. The second-order valence-electron chi connectivity index (χ2n) is 5.83. The lowest BCUT2D eigenvalue weighted by molar-refractivity contribution is -0.135. The molecule has 126 valence electrons. The molecular formula is C18H21N3O3.